The number of thioether (sulfide) groups is 1. The maximum absolute atomic E-state index is 12.9. The van der Waals surface area contributed by atoms with Crippen molar-refractivity contribution in [2.45, 2.75) is 19.1 Å². The normalized spacial score (nSPS) is 25.6. The van der Waals surface area contributed by atoms with Crippen LogP contribution in [0.15, 0.2) is 24.3 Å². The monoisotopic (exact) mass is 334 g/mol. The smallest absolute Gasteiger partial charge is 0.254 e. The van der Waals surface area contributed by atoms with E-state index in [-0.39, 0.29) is 24.5 Å². The molecule has 2 heterocycles. The molecule has 5 nitrogen and oxygen atoms in total. The van der Waals surface area contributed by atoms with Gasteiger partial charge in [-0.2, -0.15) is 11.8 Å². The van der Waals surface area contributed by atoms with Gasteiger partial charge in [-0.15, -0.1) is 0 Å². The first-order valence-electron chi connectivity index (χ1n) is 7.88. The molecule has 2 aliphatic rings. The number of rotatable bonds is 2. The summed E-state index contributed by atoms with van der Waals surface area (Å²) in [6, 6.07) is 7.59. The van der Waals surface area contributed by atoms with E-state index in [0.29, 0.717) is 0 Å². The molecule has 124 valence electrons. The highest BCUT2D eigenvalue weighted by Gasteiger charge is 2.41. The number of amides is 2. The molecule has 0 radical (unpaired) electrons. The topological polar surface area (TPSA) is 49.9 Å². The lowest BCUT2D eigenvalue weighted by Crippen LogP contribution is -2.55. The van der Waals surface area contributed by atoms with Crippen LogP contribution < -0.4 is 0 Å². The van der Waals surface area contributed by atoms with Gasteiger partial charge in [0.15, 0.2) is 6.10 Å². The number of hydrogen-bond donors (Lipinski definition) is 0. The van der Waals surface area contributed by atoms with Crippen LogP contribution in [0.5, 0.6) is 0 Å². The first kappa shape index (κ1) is 16.3. The molecule has 0 N–H and O–H groups in total. The molecule has 1 aromatic carbocycles. The SMILES string of the molecule is Cc1ccc([C@@H]2[C@@H](C(=O)N3CCSCC3)OCC(=O)N2C)cc1. The molecule has 2 fully saturated rings. The van der Waals surface area contributed by atoms with E-state index in [1.165, 1.54) is 0 Å². The van der Waals surface area contributed by atoms with E-state index in [0.717, 1.165) is 35.7 Å². The number of hydrogen-bond acceptors (Lipinski definition) is 4. The molecule has 3 rings (SSSR count). The summed E-state index contributed by atoms with van der Waals surface area (Å²) in [5, 5.41) is 0. The van der Waals surface area contributed by atoms with E-state index in [9.17, 15) is 9.59 Å². The molecule has 0 aromatic heterocycles. The van der Waals surface area contributed by atoms with E-state index < -0.39 is 6.10 Å². The quantitative estimate of drug-likeness (QED) is 0.822. The van der Waals surface area contributed by atoms with Gasteiger partial charge in [-0.25, -0.2) is 0 Å². The van der Waals surface area contributed by atoms with Crippen LogP contribution in [0.2, 0.25) is 0 Å². The molecule has 0 bridgehead atoms. The van der Waals surface area contributed by atoms with E-state index in [4.69, 9.17) is 4.74 Å². The van der Waals surface area contributed by atoms with Crippen LogP contribution >= 0.6 is 11.8 Å². The zero-order chi connectivity index (χ0) is 16.4. The average molecular weight is 334 g/mol. The largest absolute Gasteiger partial charge is 0.356 e. The molecule has 0 unspecified atom stereocenters. The molecule has 0 saturated carbocycles. The predicted octanol–water partition coefficient (Wildman–Crippen LogP) is 1.47. The van der Waals surface area contributed by atoms with Crippen molar-refractivity contribution >= 4 is 23.6 Å². The molecule has 2 amide bonds. The van der Waals surface area contributed by atoms with Crippen molar-refractivity contribution in [3.8, 4) is 0 Å². The second kappa shape index (κ2) is 6.93. The van der Waals surface area contributed by atoms with E-state index >= 15 is 0 Å². The van der Waals surface area contributed by atoms with Crippen LogP contribution in [-0.2, 0) is 14.3 Å². The summed E-state index contributed by atoms with van der Waals surface area (Å²) in [5.41, 5.74) is 2.09. The third kappa shape index (κ3) is 3.38. The minimum atomic E-state index is -0.622. The first-order chi connectivity index (χ1) is 11.1. The Morgan fingerprint density at radius 2 is 1.87 bits per heavy atom. The lowest BCUT2D eigenvalue weighted by Gasteiger charge is -2.40. The second-order valence-corrected chi connectivity index (χ2v) is 7.25. The number of carbonyl (C=O) groups is 2. The molecule has 1 aromatic rings. The second-order valence-electron chi connectivity index (χ2n) is 6.03. The molecular formula is C17H22N2O3S. The van der Waals surface area contributed by atoms with E-state index in [2.05, 4.69) is 0 Å². The summed E-state index contributed by atoms with van der Waals surface area (Å²) in [4.78, 5) is 28.5. The number of nitrogens with zero attached hydrogens (tertiary/aromatic N) is 2. The molecule has 2 aliphatic heterocycles. The van der Waals surface area contributed by atoms with Gasteiger partial charge in [-0.05, 0) is 12.5 Å². The average Bonchev–Trinajstić information content (AvgIpc) is 2.58. The van der Waals surface area contributed by atoms with Crippen LogP contribution in [0.4, 0.5) is 0 Å². The highest BCUT2D eigenvalue weighted by atomic mass is 32.2. The molecular weight excluding hydrogens is 312 g/mol. The van der Waals surface area contributed by atoms with Crippen LogP contribution in [0.25, 0.3) is 0 Å². The first-order valence-corrected chi connectivity index (χ1v) is 9.04. The van der Waals surface area contributed by atoms with Crippen LogP contribution in [-0.4, -0.2) is 66.0 Å². The Hall–Kier alpha value is -1.53. The number of aryl methyl sites for hydroxylation is 1. The summed E-state index contributed by atoms with van der Waals surface area (Å²) < 4.78 is 5.68. The molecule has 2 saturated heterocycles. The zero-order valence-electron chi connectivity index (χ0n) is 13.5. The predicted molar refractivity (Wildman–Crippen MR) is 90.3 cm³/mol. The van der Waals surface area contributed by atoms with Gasteiger partial charge in [0.05, 0.1) is 6.04 Å². The molecule has 0 aliphatic carbocycles. The van der Waals surface area contributed by atoms with Gasteiger partial charge in [0.2, 0.25) is 5.91 Å². The molecule has 0 spiro atoms. The van der Waals surface area contributed by atoms with Gasteiger partial charge in [0, 0.05) is 31.6 Å². The minimum absolute atomic E-state index is 0.00442. The lowest BCUT2D eigenvalue weighted by molar-refractivity contribution is -0.167. The van der Waals surface area contributed by atoms with Gasteiger partial charge in [0.25, 0.3) is 5.91 Å². The van der Waals surface area contributed by atoms with Crippen molar-refractivity contribution in [1.82, 2.24) is 9.80 Å². The van der Waals surface area contributed by atoms with Gasteiger partial charge >= 0.3 is 0 Å². The number of ether oxygens (including phenoxy) is 1. The van der Waals surface area contributed by atoms with Crippen LogP contribution in [0.3, 0.4) is 0 Å². The number of benzene rings is 1. The Bertz CT molecular complexity index is 584. The summed E-state index contributed by atoms with van der Waals surface area (Å²) in [5.74, 6) is 1.83. The van der Waals surface area contributed by atoms with Crippen molar-refractivity contribution in [1.29, 1.82) is 0 Å². The lowest BCUT2D eigenvalue weighted by atomic mass is 9.96. The minimum Gasteiger partial charge on any atom is -0.356 e. The summed E-state index contributed by atoms with van der Waals surface area (Å²) in [6.45, 7) is 3.49. The Kier molecular flexibility index (Phi) is 4.92. The van der Waals surface area contributed by atoms with Crippen LogP contribution in [0.1, 0.15) is 17.2 Å². The highest BCUT2D eigenvalue weighted by Crippen LogP contribution is 2.30. The van der Waals surface area contributed by atoms with E-state index in [1.54, 1.807) is 11.9 Å². The Morgan fingerprint density at radius 1 is 1.22 bits per heavy atom. The Labute approximate surface area is 141 Å². The summed E-state index contributed by atoms with van der Waals surface area (Å²) in [6.07, 6.45) is -0.622. The fraction of sp³-hybridized carbons (Fsp3) is 0.529. The molecule has 2 atom stereocenters. The van der Waals surface area contributed by atoms with Crippen molar-refractivity contribution < 1.29 is 14.3 Å². The molecule has 23 heavy (non-hydrogen) atoms. The Balaban J connectivity index is 1.87. The summed E-state index contributed by atoms with van der Waals surface area (Å²) in [7, 11) is 1.75. The standard InChI is InChI=1S/C17H22N2O3S/c1-12-3-5-13(6-4-12)15-16(22-11-14(20)18(15)2)17(21)19-7-9-23-10-8-19/h3-6,15-16H,7-11H2,1-2H3/t15-,16+/m1/s1. The highest BCUT2D eigenvalue weighted by molar-refractivity contribution is 7.99. The Morgan fingerprint density at radius 3 is 2.52 bits per heavy atom. The van der Waals surface area contributed by atoms with Crippen LogP contribution in [0, 0.1) is 6.92 Å². The third-order valence-corrected chi connectivity index (χ3v) is 5.41. The van der Waals surface area contributed by atoms with Gasteiger partial charge in [-0.1, -0.05) is 29.8 Å². The summed E-state index contributed by atoms with van der Waals surface area (Å²) >= 11 is 1.86. The van der Waals surface area contributed by atoms with Crippen molar-refractivity contribution in [2.24, 2.45) is 0 Å². The van der Waals surface area contributed by atoms with E-state index in [1.807, 2.05) is 47.9 Å². The van der Waals surface area contributed by atoms with Gasteiger partial charge < -0.3 is 14.5 Å². The zero-order valence-corrected chi connectivity index (χ0v) is 14.3. The third-order valence-electron chi connectivity index (χ3n) is 4.47. The fourth-order valence-corrected chi connectivity index (χ4v) is 3.95. The fourth-order valence-electron chi connectivity index (χ4n) is 3.04. The number of morpholine rings is 1. The van der Waals surface area contributed by atoms with Crippen molar-refractivity contribution in [3.05, 3.63) is 35.4 Å². The van der Waals surface area contributed by atoms with Crippen molar-refractivity contribution in [2.75, 3.05) is 38.2 Å². The number of carbonyl (C=O) groups excluding carboxylic acids is 2. The van der Waals surface area contributed by atoms with Gasteiger partial charge in [-0.3, -0.25) is 9.59 Å². The number of likely N-dealkylation sites (N-methyl/N-ethyl adjacent to an activating group) is 1. The maximum atomic E-state index is 12.9. The maximum Gasteiger partial charge on any atom is 0.254 e. The van der Waals surface area contributed by atoms with Gasteiger partial charge in [0.1, 0.15) is 6.61 Å². The van der Waals surface area contributed by atoms with Crippen molar-refractivity contribution in [3.63, 3.8) is 0 Å². The molecule has 6 heteroatoms.